The number of amides is 1. The molecule has 0 aliphatic heterocycles. The Morgan fingerprint density at radius 3 is 2.33 bits per heavy atom. The second-order valence-electron chi connectivity index (χ2n) is 9.65. The molecule has 5 rings (SSSR count). The van der Waals surface area contributed by atoms with Gasteiger partial charge in [-0.15, -0.1) is 11.3 Å². The lowest BCUT2D eigenvalue weighted by Gasteiger charge is -2.15. The van der Waals surface area contributed by atoms with Crippen LogP contribution >= 0.6 is 11.3 Å². The molecule has 1 heterocycles. The van der Waals surface area contributed by atoms with Gasteiger partial charge in [0.15, 0.2) is 5.13 Å². The molecule has 0 unspecified atom stereocenters. The van der Waals surface area contributed by atoms with Crippen LogP contribution in [-0.4, -0.2) is 19.0 Å². The molecular weight excluding hydrogens is 520 g/mol. The van der Waals surface area contributed by atoms with E-state index in [1.807, 2.05) is 36.4 Å². The van der Waals surface area contributed by atoms with Crippen LogP contribution in [0.3, 0.4) is 0 Å². The summed E-state index contributed by atoms with van der Waals surface area (Å²) >= 11 is 0.888. The quantitative estimate of drug-likeness (QED) is 0.241. The predicted molar refractivity (Wildman–Crippen MR) is 148 cm³/mol. The fraction of sp³-hybridized carbons (Fsp3) is 0.226. The van der Waals surface area contributed by atoms with Crippen molar-refractivity contribution in [1.82, 2.24) is 0 Å². The number of ether oxygens (including phenoxy) is 2. The highest BCUT2D eigenvalue weighted by atomic mass is 32.1. The van der Waals surface area contributed by atoms with Crippen molar-refractivity contribution in [3.63, 3.8) is 0 Å². The first-order valence-electron chi connectivity index (χ1n) is 12.5. The van der Waals surface area contributed by atoms with Crippen molar-refractivity contribution < 1.29 is 27.8 Å². The molecule has 200 valence electrons. The van der Waals surface area contributed by atoms with Crippen LogP contribution in [-0.2, 0) is 14.9 Å². The molecule has 3 aromatic carbocycles. The molecule has 1 fully saturated rings. The summed E-state index contributed by atoms with van der Waals surface area (Å²) in [5.41, 5.74) is 3.87. The summed E-state index contributed by atoms with van der Waals surface area (Å²) in [7, 11) is 1.56. The number of hydrogen-bond donors (Lipinski definition) is 1. The number of carbonyl (C=O) groups excluding carboxylic acids is 2. The summed E-state index contributed by atoms with van der Waals surface area (Å²) in [6.45, 7) is 3.27. The number of thiophene rings is 1. The van der Waals surface area contributed by atoms with Gasteiger partial charge >= 0.3 is 6.09 Å². The molecule has 1 atom stereocenters. The van der Waals surface area contributed by atoms with Gasteiger partial charge in [-0.1, -0.05) is 48.5 Å². The number of carbonyl (C=O) groups is 2. The molecule has 4 aromatic rings. The van der Waals surface area contributed by atoms with Crippen LogP contribution in [0.4, 0.5) is 19.3 Å². The van der Waals surface area contributed by atoms with Gasteiger partial charge in [0.25, 0.3) is 0 Å². The Morgan fingerprint density at radius 1 is 0.974 bits per heavy atom. The summed E-state index contributed by atoms with van der Waals surface area (Å²) in [5.74, 6) is 0.342. The molecule has 1 aliphatic carbocycles. The number of nitrogens with one attached hydrogen (secondary N) is 1. The van der Waals surface area contributed by atoms with E-state index in [2.05, 4.69) is 5.32 Å². The zero-order valence-corrected chi connectivity index (χ0v) is 22.5. The maximum Gasteiger partial charge on any atom is 0.412 e. The first kappa shape index (κ1) is 26.6. The molecule has 0 radical (unpaired) electrons. The van der Waals surface area contributed by atoms with Crippen molar-refractivity contribution in [3.05, 3.63) is 94.9 Å². The Kier molecular flexibility index (Phi) is 7.23. The molecule has 5 nitrogen and oxygen atoms in total. The summed E-state index contributed by atoms with van der Waals surface area (Å²) in [6, 6.07) is 20.5. The van der Waals surface area contributed by atoms with E-state index in [4.69, 9.17) is 9.47 Å². The lowest BCUT2D eigenvalue weighted by atomic mass is 9.90. The Morgan fingerprint density at radius 2 is 1.69 bits per heavy atom. The van der Waals surface area contributed by atoms with E-state index in [1.54, 1.807) is 33.1 Å². The largest absolute Gasteiger partial charge is 0.496 e. The highest BCUT2D eigenvalue weighted by molar-refractivity contribution is 7.14. The normalized spacial score (nSPS) is 14.4. The third kappa shape index (κ3) is 5.43. The third-order valence-corrected chi connectivity index (χ3v) is 8.15. The van der Waals surface area contributed by atoms with Gasteiger partial charge in [-0.05, 0) is 67.1 Å². The van der Waals surface area contributed by atoms with Gasteiger partial charge in [0, 0.05) is 11.6 Å². The summed E-state index contributed by atoms with van der Waals surface area (Å²) in [6.07, 6.45) is 0.271. The minimum absolute atomic E-state index is 0.192. The van der Waals surface area contributed by atoms with Crippen molar-refractivity contribution in [2.75, 3.05) is 12.4 Å². The minimum Gasteiger partial charge on any atom is -0.496 e. The van der Waals surface area contributed by atoms with Crippen molar-refractivity contribution in [2.24, 2.45) is 0 Å². The van der Waals surface area contributed by atoms with E-state index in [9.17, 15) is 18.4 Å². The molecule has 1 aliphatic rings. The van der Waals surface area contributed by atoms with Crippen LogP contribution in [0.1, 0.15) is 43.9 Å². The van der Waals surface area contributed by atoms with E-state index in [0.29, 0.717) is 21.8 Å². The van der Waals surface area contributed by atoms with Crippen LogP contribution in [0.2, 0.25) is 0 Å². The SMILES string of the molecule is COc1cc(-c2sc(F)cc2NC(=O)O[C@H](C)c2cccc(F)c2)ccc1-c1ccc(C2(C(C)=O)CC2)cc1. The number of Topliss-reactive ketones (excluding diaryl/α,β-unsaturated/α-hetero) is 1. The van der Waals surface area contributed by atoms with E-state index >= 15 is 0 Å². The van der Waals surface area contributed by atoms with Crippen LogP contribution in [0.15, 0.2) is 72.8 Å². The smallest absolute Gasteiger partial charge is 0.412 e. The lowest BCUT2D eigenvalue weighted by Crippen LogP contribution is -2.16. The van der Waals surface area contributed by atoms with Crippen molar-refractivity contribution in [3.8, 4) is 27.3 Å². The maximum absolute atomic E-state index is 14.3. The van der Waals surface area contributed by atoms with Crippen molar-refractivity contribution in [1.29, 1.82) is 0 Å². The summed E-state index contributed by atoms with van der Waals surface area (Å²) in [4.78, 5) is 25.2. The minimum atomic E-state index is -0.784. The molecule has 39 heavy (non-hydrogen) atoms. The standard InChI is InChI=1S/C31H27F2NO4S/c1-18(21-5-4-6-24(32)15-21)38-30(36)34-26-17-28(33)39-29(26)22-9-12-25(27(16-22)37-3)20-7-10-23(11-8-20)31(13-14-31)19(2)35/h4-12,15-18H,13-14H2,1-3H3,(H,34,36)/t18-/m1/s1. The third-order valence-electron chi connectivity index (χ3n) is 7.18. The maximum atomic E-state index is 14.3. The Hall–Kier alpha value is -4.04. The van der Waals surface area contributed by atoms with E-state index in [1.165, 1.54) is 24.3 Å². The van der Waals surface area contributed by atoms with Crippen LogP contribution in [0.5, 0.6) is 5.75 Å². The molecule has 1 N–H and O–H groups in total. The summed E-state index contributed by atoms with van der Waals surface area (Å²) < 4.78 is 38.9. The summed E-state index contributed by atoms with van der Waals surface area (Å²) in [5, 5.41) is 2.14. The topological polar surface area (TPSA) is 64.6 Å². The fourth-order valence-electron chi connectivity index (χ4n) is 4.80. The Labute approximate surface area is 229 Å². The van der Waals surface area contributed by atoms with Crippen LogP contribution in [0.25, 0.3) is 21.6 Å². The second-order valence-corrected chi connectivity index (χ2v) is 10.7. The van der Waals surface area contributed by atoms with Gasteiger partial charge in [0.1, 0.15) is 23.5 Å². The van der Waals surface area contributed by atoms with Gasteiger partial charge in [-0.3, -0.25) is 10.1 Å². The monoisotopic (exact) mass is 547 g/mol. The fourth-order valence-corrected chi connectivity index (χ4v) is 5.64. The average molecular weight is 548 g/mol. The van der Waals surface area contributed by atoms with Crippen molar-refractivity contribution in [2.45, 2.75) is 38.2 Å². The average Bonchev–Trinajstić information content (AvgIpc) is 3.66. The Balaban J connectivity index is 1.36. The molecule has 0 spiro atoms. The van der Waals surface area contributed by atoms with Gasteiger partial charge in [0.05, 0.1) is 23.1 Å². The van der Waals surface area contributed by atoms with Crippen LogP contribution < -0.4 is 10.1 Å². The molecule has 8 heteroatoms. The first-order chi connectivity index (χ1) is 18.7. The van der Waals surface area contributed by atoms with E-state index in [0.717, 1.165) is 40.9 Å². The predicted octanol–water partition coefficient (Wildman–Crippen LogP) is 8.30. The molecule has 1 amide bonds. The van der Waals surface area contributed by atoms with Crippen molar-refractivity contribution >= 4 is 28.9 Å². The molecule has 0 bridgehead atoms. The van der Waals surface area contributed by atoms with Crippen LogP contribution in [0, 0.1) is 10.9 Å². The second kappa shape index (κ2) is 10.6. The van der Waals surface area contributed by atoms with Gasteiger partial charge in [-0.2, -0.15) is 4.39 Å². The lowest BCUT2D eigenvalue weighted by molar-refractivity contribution is -0.119. The first-order valence-corrected chi connectivity index (χ1v) is 13.3. The number of methoxy groups -OCH3 is 1. The number of benzene rings is 3. The zero-order chi connectivity index (χ0) is 27.7. The van der Waals surface area contributed by atoms with Gasteiger partial charge < -0.3 is 9.47 Å². The van der Waals surface area contributed by atoms with E-state index in [-0.39, 0.29) is 16.9 Å². The van der Waals surface area contributed by atoms with E-state index < -0.39 is 23.1 Å². The number of ketones is 1. The molecule has 0 saturated heterocycles. The number of anilines is 1. The molecule has 1 aromatic heterocycles. The highest BCUT2D eigenvalue weighted by Crippen LogP contribution is 2.49. The number of rotatable bonds is 8. The highest BCUT2D eigenvalue weighted by Gasteiger charge is 2.48. The molecular formula is C31H27F2NO4S. The number of halogens is 2. The Bertz CT molecular complexity index is 1540. The number of hydrogen-bond acceptors (Lipinski definition) is 5. The van der Waals surface area contributed by atoms with Gasteiger partial charge in [-0.25, -0.2) is 9.18 Å². The molecule has 1 saturated carbocycles. The zero-order valence-electron chi connectivity index (χ0n) is 21.7. The van der Waals surface area contributed by atoms with Gasteiger partial charge in [0.2, 0.25) is 0 Å².